The molecule has 0 aliphatic carbocycles. The van der Waals surface area contributed by atoms with Crippen molar-refractivity contribution in [1.29, 1.82) is 0 Å². The minimum absolute atomic E-state index is 0.171. The van der Waals surface area contributed by atoms with Crippen LogP contribution >= 0.6 is 0 Å². The molecular weight excluding hydrogens is 334 g/mol. The van der Waals surface area contributed by atoms with Crippen LogP contribution in [0.4, 0.5) is 11.4 Å². The van der Waals surface area contributed by atoms with Crippen molar-refractivity contribution in [3.05, 3.63) is 78.0 Å². The van der Waals surface area contributed by atoms with Crippen LogP contribution in [0.2, 0.25) is 0 Å². The number of fused-ring (bicyclic) bond motifs is 1. The van der Waals surface area contributed by atoms with E-state index >= 15 is 0 Å². The summed E-state index contributed by atoms with van der Waals surface area (Å²) in [6.45, 7) is 10.4. The number of nitrogens with zero attached hydrogens (tertiary/aromatic N) is 1. The number of pyridine rings is 1. The number of nitrogens with one attached hydrogen (secondary N) is 2. The predicted molar refractivity (Wildman–Crippen MR) is 113 cm³/mol. The fourth-order valence-electron chi connectivity index (χ4n) is 3.13. The molecule has 138 valence electrons. The minimum atomic E-state index is -0.171. The van der Waals surface area contributed by atoms with Crippen LogP contribution in [0.25, 0.3) is 10.9 Å². The van der Waals surface area contributed by atoms with E-state index in [1.807, 2.05) is 43.3 Å². The van der Waals surface area contributed by atoms with Gasteiger partial charge in [-0.2, -0.15) is 0 Å². The highest BCUT2D eigenvalue weighted by molar-refractivity contribution is 6.08. The highest BCUT2D eigenvalue weighted by atomic mass is 16.1. The van der Waals surface area contributed by atoms with Crippen molar-refractivity contribution in [2.24, 2.45) is 0 Å². The maximum absolute atomic E-state index is 12.7. The molecule has 0 bridgehead atoms. The minimum Gasteiger partial charge on any atom is -0.354 e. The van der Waals surface area contributed by atoms with Gasteiger partial charge in [0.2, 0.25) is 0 Å². The zero-order chi connectivity index (χ0) is 19.4. The zero-order valence-electron chi connectivity index (χ0n) is 16.0. The lowest BCUT2D eigenvalue weighted by Gasteiger charge is -2.18. The van der Waals surface area contributed by atoms with Gasteiger partial charge in [0, 0.05) is 23.8 Å². The molecule has 0 radical (unpaired) electrons. The summed E-state index contributed by atoms with van der Waals surface area (Å²) in [5, 5.41) is 7.28. The summed E-state index contributed by atoms with van der Waals surface area (Å²) in [6, 6.07) is 14.2. The first-order valence-electron chi connectivity index (χ1n) is 9.16. The molecule has 1 heterocycles. The van der Waals surface area contributed by atoms with Crippen molar-refractivity contribution in [2.45, 2.75) is 26.7 Å². The number of carbonyl (C=O) groups excluding carboxylic acids is 1. The molecular formula is C23H25N3O. The standard InChI is InChI=1S/C23H25N3O/c1-5-13-24-23(27)19-14-25-21-17(15(2)3)10-8-11-18(21)22(19)26-20-12-7-6-9-16(20)4/h5-12,14-15H,1,13H2,2-4H3,(H,24,27)(H,25,26). The summed E-state index contributed by atoms with van der Waals surface area (Å²) < 4.78 is 0. The van der Waals surface area contributed by atoms with E-state index < -0.39 is 0 Å². The monoisotopic (exact) mass is 359 g/mol. The summed E-state index contributed by atoms with van der Waals surface area (Å²) in [6.07, 6.45) is 3.32. The number of para-hydroxylation sites is 2. The smallest absolute Gasteiger partial charge is 0.255 e. The molecule has 0 atom stereocenters. The lowest BCUT2D eigenvalue weighted by Crippen LogP contribution is -2.24. The van der Waals surface area contributed by atoms with Crippen LogP contribution < -0.4 is 10.6 Å². The molecule has 2 N–H and O–H groups in total. The number of amides is 1. The summed E-state index contributed by atoms with van der Waals surface area (Å²) in [4.78, 5) is 17.4. The third kappa shape index (κ3) is 3.85. The van der Waals surface area contributed by atoms with Crippen molar-refractivity contribution in [1.82, 2.24) is 10.3 Å². The molecule has 0 saturated carbocycles. The molecule has 3 rings (SSSR count). The number of carbonyl (C=O) groups is 1. The molecule has 0 unspecified atom stereocenters. The van der Waals surface area contributed by atoms with E-state index in [1.165, 1.54) is 5.56 Å². The zero-order valence-corrected chi connectivity index (χ0v) is 16.0. The van der Waals surface area contributed by atoms with Gasteiger partial charge in [0.15, 0.2) is 0 Å². The Hall–Kier alpha value is -3.14. The molecule has 0 spiro atoms. The fraction of sp³-hybridized carbons (Fsp3) is 0.217. The number of aryl methyl sites for hydroxylation is 1. The van der Waals surface area contributed by atoms with E-state index in [2.05, 4.69) is 42.1 Å². The van der Waals surface area contributed by atoms with Crippen molar-refractivity contribution in [3.63, 3.8) is 0 Å². The second-order valence-corrected chi connectivity index (χ2v) is 6.88. The van der Waals surface area contributed by atoms with Crippen LogP contribution in [0, 0.1) is 6.92 Å². The second-order valence-electron chi connectivity index (χ2n) is 6.88. The quantitative estimate of drug-likeness (QED) is 0.585. The van der Waals surface area contributed by atoms with Crippen LogP contribution in [0.5, 0.6) is 0 Å². The molecule has 0 aliphatic heterocycles. The van der Waals surface area contributed by atoms with Gasteiger partial charge in [-0.1, -0.05) is 56.3 Å². The number of benzene rings is 2. The lowest BCUT2D eigenvalue weighted by molar-refractivity contribution is 0.0958. The molecule has 4 heteroatoms. The normalized spacial score (nSPS) is 10.8. The predicted octanol–water partition coefficient (Wildman–Crippen LogP) is 5.33. The lowest BCUT2D eigenvalue weighted by atomic mass is 9.97. The Morgan fingerprint density at radius 1 is 1.19 bits per heavy atom. The van der Waals surface area contributed by atoms with Gasteiger partial charge >= 0.3 is 0 Å². The Morgan fingerprint density at radius 2 is 1.96 bits per heavy atom. The van der Waals surface area contributed by atoms with Crippen molar-refractivity contribution >= 4 is 28.2 Å². The largest absolute Gasteiger partial charge is 0.354 e. The third-order valence-corrected chi connectivity index (χ3v) is 4.61. The van der Waals surface area contributed by atoms with Gasteiger partial charge in [-0.25, -0.2) is 0 Å². The maximum Gasteiger partial charge on any atom is 0.255 e. The average molecular weight is 359 g/mol. The summed E-state index contributed by atoms with van der Waals surface area (Å²) >= 11 is 0. The van der Waals surface area contributed by atoms with Crippen LogP contribution in [0.1, 0.15) is 41.3 Å². The summed E-state index contributed by atoms with van der Waals surface area (Å²) in [5.41, 5.74) is 5.46. The SMILES string of the molecule is C=CCNC(=O)c1cnc2c(C(C)C)cccc2c1Nc1ccccc1C. The van der Waals surface area contributed by atoms with E-state index in [0.29, 0.717) is 18.0 Å². The van der Waals surface area contributed by atoms with Crippen molar-refractivity contribution in [3.8, 4) is 0 Å². The van der Waals surface area contributed by atoms with E-state index in [4.69, 9.17) is 0 Å². The van der Waals surface area contributed by atoms with Gasteiger partial charge < -0.3 is 10.6 Å². The van der Waals surface area contributed by atoms with E-state index in [-0.39, 0.29) is 5.91 Å². The Kier molecular flexibility index (Phi) is 5.55. The van der Waals surface area contributed by atoms with Crippen LogP contribution in [0.3, 0.4) is 0 Å². The number of hydrogen-bond donors (Lipinski definition) is 2. The van der Waals surface area contributed by atoms with Gasteiger partial charge in [-0.3, -0.25) is 9.78 Å². The molecule has 0 saturated heterocycles. The van der Waals surface area contributed by atoms with Gasteiger partial charge in [0.1, 0.15) is 0 Å². The van der Waals surface area contributed by atoms with Crippen LogP contribution in [0.15, 0.2) is 61.3 Å². The first kappa shape index (κ1) is 18.6. The molecule has 1 amide bonds. The Bertz CT molecular complexity index is 992. The first-order valence-corrected chi connectivity index (χ1v) is 9.16. The topological polar surface area (TPSA) is 54.0 Å². The van der Waals surface area contributed by atoms with Gasteiger partial charge in [0.05, 0.1) is 16.8 Å². The van der Waals surface area contributed by atoms with Crippen molar-refractivity contribution < 1.29 is 4.79 Å². The molecule has 3 aromatic rings. The maximum atomic E-state index is 12.7. The molecule has 1 aromatic heterocycles. The number of aromatic nitrogens is 1. The Morgan fingerprint density at radius 3 is 2.67 bits per heavy atom. The summed E-state index contributed by atoms with van der Waals surface area (Å²) in [5.74, 6) is 0.170. The van der Waals surface area contributed by atoms with Crippen molar-refractivity contribution in [2.75, 3.05) is 11.9 Å². The Balaban J connectivity index is 2.21. The number of hydrogen-bond acceptors (Lipinski definition) is 3. The van der Waals surface area contributed by atoms with Gasteiger partial charge in [-0.15, -0.1) is 6.58 Å². The highest BCUT2D eigenvalue weighted by Gasteiger charge is 2.18. The van der Waals surface area contributed by atoms with Gasteiger partial charge in [-0.05, 0) is 30.0 Å². The molecule has 0 fully saturated rings. The highest BCUT2D eigenvalue weighted by Crippen LogP contribution is 2.33. The second kappa shape index (κ2) is 8.04. The van der Waals surface area contributed by atoms with Gasteiger partial charge in [0.25, 0.3) is 5.91 Å². The van der Waals surface area contributed by atoms with E-state index in [9.17, 15) is 4.79 Å². The Labute approximate surface area is 160 Å². The average Bonchev–Trinajstić information content (AvgIpc) is 2.67. The number of anilines is 2. The van der Waals surface area contributed by atoms with Crippen LogP contribution in [-0.2, 0) is 0 Å². The molecule has 2 aromatic carbocycles. The first-order chi connectivity index (χ1) is 13.0. The molecule has 4 nitrogen and oxygen atoms in total. The fourth-order valence-corrected chi connectivity index (χ4v) is 3.13. The molecule has 27 heavy (non-hydrogen) atoms. The number of rotatable bonds is 6. The third-order valence-electron chi connectivity index (χ3n) is 4.61. The summed E-state index contributed by atoms with van der Waals surface area (Å²) in [7, 11) is 0. The van der Waals surface area contributed by atoms with E-state index in [1.54, 1.807) is 12.3 Å². The van der Waals surface area contributed by atoms with E-state index in [0.717, 1.165) is 27.8 Å². The molecule has 0 aliphatic rings. The van der Waals surface area contributed by atoms with Crippen LogP contribution in [-0.4, -0.2) is 17.4 Å².